The van der Waals surface area contributed by atoms with Crippen LogP contribution in [0.4, 0.5) is 0 Å². The van der Waals surface area contributed by atoms with Crippen molar-refractivity contribution in [2.45, 2.75) is 32.2 Å². The first kappa shape index (κ1) is 14.5. The monoisotopic (exact) mass is 271 g/mol. The van der Waals surface area contributed by atoms with E-state index in [0.29, 0.717) is 12.8 Å². The van der Waals surface area contributed by atoms with Gasteiger partial charge in [0.15, 0.2) is 0 Å². The highest BCUT2D eigenvalue weighted by atomic mass is 16.3. The van der Waals surface area contributed by atoms with Gasteiger partial charge in [-0.3, -0.25) is 4.79 Å². The van der Waals surface area contributed by atoms with E-state index in [1.807, 2.05) is 56.3 Å². The van der Waals surface area contributed by atoms with E-state index >= 15 is 0 Å². The molecule has 0 spiro atoms. The van der Waals surface area contributed by atoms with Gasteiger partial charge in [0, 0.05) is 0 Å². The van der Waals surface area contributed by atoms with Crippen LogP contribution in [-0.4, -0.2) is 23.2 Å². The fourth-order valence-corrected chi connectivity index (χ4v) is 2.24. The lowest BCUT2D eigenvalue weighted by Crippen LogP contribution is -2.48. The topological polar surface area (TPSA) is 49.3 Å². The third kappa shape index (κ3) is 3.17. The molecule has 20 heavy (non-hydrogen) atoms. The predicted molar refractivity (Wildman–Crippen MR) is 81.6 cm³/mol. The van der Waals surface area contributed by atoms with E-state index in [1.54, 1.807) is 0 Å². The lowest BCUT2D eigenvalue weighted by molar-refractivity contribution is -0.122. The Morgan fingerprint density at radius 2 is 1.90 bits per heavy atom. The summed E-state index contributed by atoms with van der Waals surface area (Å²) < 4.78 is 0. The number of amides is 1. The van der Waals surface area contributed by atoms with Crippen LogP contribution in [0.25, 0.3) is 10.8 Å². The Bertz CT molecular complexity index is 597. The zero-order chi connectivity index (χ0) is 14.6. The van der Waals surface area contributed by atoms with Crippen molar-refractivity contribution >= 4 is 16.7 Å². The minimum Gasteiger partial charge on any atom is -0.394 e. The van der Waals surface area contributed by atoms with E-state index in [9.17, 15) is 9.90 Å². The van der Waals surface area contributed by atoms with E-state index in [1.165, 1.54) is 0 Å². The first-order valence-electron chi connectivity index (χ1n) is 6.96. The maximum atomic E-state index is 12.2. The van der Waals surface area contributed by atoms with Crippen molar-refractivity contribution in [3.05, 3.63) is 48.0 Å². The molecule has 0 aliphatic heterocycles. The molecule has 0 aliphatic rings. The number of carbonyl (C=O) groups excluding carboxylic acids is 1. The van der Waals surface area contributed by atoms with Crippen molar-refractivity contribution in [2.75, 3.05) is 6.61 Å². The van der Waals surface area contributed by atoms with Crippen molar-refractivity contribution in [3.63, 3.8) is 0 Å². The molecule has 0 radical (unpaired) electrons. The second kappa shape index (κ2) is 6.06. The number of aliphatic hydroxyl groups is 1. The van der Waals surface area contributed by atoms with Crippen molar-refractivity contribution in [1.82, 2.24) is 5.32 Å². The Balaban J connectivity index is 2.18. The SMILES string of the molecule is CCC(C)(CO)NC(=O)Cc1cccc2ccccc12. The van der Waals surface area contributed by atoms with Crippen LogP contribution in [0.1, 0.15) is 25.8 Å². The quantitative estimate of drug-likeness (QED) is 0.878. The normalized spacial score (nSPS) is 13.9. The van der Waals surface area contributed by atoms with E-state index < -0.39 is 5.54 Å². The molecule has 2 aromatic rings. The highest BCUT2D eigenvalue weighted by Gasteiger charge is 2.23. The molecule has 0 aromatic heterocycles. The van der Waals surface area contributed by atoms with Crippen LogP contribution < -0.4 is 5.32 Å². The van der Waals surface area contributed by atoms with Crippen LogP contribution in [0.2, 0.25) is 0 Å². The summed E-state index contributed by atoms with van der Waals surface area (Å²) in [6.07, 6.45) is 1.03. The van der Waals surface area contributed by atoms with E-state index in [4.69, 9.17) is 0 Å². The minimum atomic E-state index is -0.540. The lowest BCUT2D eigenvalue weighted by atomic mass is 9.98. The molecule has 0 saturated heterocycles. The number of fused-ring (bicyclic) bond motifs is 1. The Labute approximate surface area is 119 Å². The fraction of sp³-hybridized carbons (Fsp3) is 0.353. The first-order chi connectivity index (χ1) is 9.58. The van der Waals surface area contributed by atoms with Crippen LogP contribution in [0.5, 0.6) is 0 Å². The first-order valence-corrected chi connectivity index (χ1v) is 6.96. The van der Waals surface area contributed by atoms with Gasteiger partial charge in [0.05, 0.1) is 18.6 Å². The Kier molecular flexibility index (Phi) is 4.40. The minimum absolute atomic E-state index is 0.0508. The van der Waals surface area contributed by atoms with Gasteiger partial charge in [-0.15, -0.1) is 0 Å². The van der Waals surface area contributed by atoms with Gasteiger partial charge < -0.3 is 10.4 Å². The lowest BCUT2D eigenvalue weighted by Gasteiger charge is -2.27. The molecule has 2 rings (SSSR count). The van der Waals surface area contributed by atoms with Crippen molar-refractivity contribution in [3.8, 4) is 0 Å². The molecule has 0 bridgehead atoms. The van der Waals surface area contributed by atoms with Gasteiger partial charge in [0.1, 0.15) is 0 Å². The summed E-state index contributed by atoms with van der Waals surface area (Å²) in [5, 5.41) is 14.5. The Hall–Kier alpha value is -1.87. The number of benzene rings is 2. The van der Waals surface area contributed by atoms with E-state index in [2.05, 4.69) is 5.32 Å². The molecule has 0 saturated carbocycles. The predicted octanol–water partition coefficient (Wildman–Crippen LogP) is 2.66. The Morgan fingerprint density at radius 1 is 1.20 bits per heavy atom. The summed E-state index contributed by atoms with van der Waals surface area (Å²) in [6.45, 7) is 3.76. The standard InChI is InChI=1S/C17H21NO2/c1-3-17(2,12-19)18-16(20)11-14-9-6-8-13-7-4-5-10-15(13)14/h4-10,19H,3,11-12H2,1-2H3,(H,18,20). The van der Waals surface area contributed by atoms with E-state index in [0.717, 1.165) is 16.3 Å². The summed E-state index contributed by atoms with van der Waals surface area (Å²) in [5.74, 6) is -0.0558. The van der Waals surface area contributed by atoms with Crippen LogP contribution in [-0.2, 0) is 11.2 Å². The summed E-state index contributed by atoms with van der Waals surface area (Å²) in [7, 11) is 0. The number of hydrogen-bond donors (Lipinski definition) is 2. The van der Waals surface area contributed by atoms with Crippen molar-refractivity contribution in [1.29, 1.82) is 0 Å². The summed E-state index contributed by atoms with van der Waals surface area (Å²) in [5.41, 5.74) is 0.471. The van der Waals surface area contributed by atoms with Gasteiger partial charge in [0.2, 0.25) is 5.91 Å². The summed E-state index contributed by atoms with van der Waals surface area (Å²) in [4.78, 5) is 12.2. The smallest absolute Gasteiger partial charge is 0.224 e. The third-order valence-corrected chi connectivity index (χ3v) is 3.80. The van der Waals surface area contributed by atoms with Gasteiger partial charge in [-0.25, -0.2) is 0 Å². The second-order valence-electron chi connectivity index (χ2n) is 5.44. The molecular weight excluding hydrogens is 250 g/mol. The molecule has 1 unspecified atom stereocenters. The molecule has 3 heteroatoms. The van der Waals surface area contributed by atoms with Crippen molar-refractivity contribution in [2.24, 2.45) is 0 Å². The third-order valence-electron chi connectivity index (χ3n) is 3.80. The Morgan fingerprint density at radius 3 is 2.60 bits per heavy atom. The zero-order valence-electron chi connectivity index (χ0n) is 12.0. The zero-order valence-corrected chi connectivity index (χ0v) is 12.0. The average Bonchev–Trinajstić information content (AvgIpc) is 2.47. The molecule has 0 fully saturated rings. The van der Waals surface area contributed by atoms with Crippen LogP contribution in [0.3, 0.4) is 0 Å². The van der Waals surface area contributed by atoms with Crippen LogP contribution >= 0.6 is 0 Å². The summed E-state index contributed by atoms with van der Waals surface area (Å²) >= 11 is 0. The number of nitrogens with one attached hydrogen (secondary N) is 1. The van der Waals surface area contributed by atoms with Gasteiger partial charge in [-0.05, 0) is 29.7 Å². The highest BCUT2D eigenvalue weighted by Crippen LogP contribution is 2.19. The van der Waals surface area contributed by atoms with Crippen LogP contribution in [0, 0.1) is 0 Å². The molecule has 3 nitrogen and oxygen atoms in total. The van der Waals surface area contributed by atoms with Gasteiger partial charge in [-0.1, -0.05) is 49.4 Å². The number of aliphatic hydroxyl groups excluding tert-OH is 1. The van der Waals surface area contributed by atoms with E-state index in [-0.39, 0.29) is 12.5 Å². The summed E-state index contributed by atoms with van der Waals surface area (Å²) in [6, 6.07) is 14.0. The largest absolute Gasteiger partial charge is 0.394 e. The average molecular weight is 271 g/mol. The maximum Gasteiger partial charge on any atom is 0.224 e. The van der Waals surface area contributed by atoms with Gasteiger partial charge in [0.25, 0.3) is 0 Å². The number of hydrogen-bond acceptors (Lipinski definition) is 2. The number of carbonyl (C=O) groups is 1. The van der Waals surface area contributed by atoms with Crippen molar-refractivity contribution < 1.29 is 9.90 Å². The molecule has 0 aliphatic carbocycles. The van der Waals surface area contributed by atoms with Gasteiger partial charge in [-0.2, -0.15) is 0 Å². The molecule has 2 aromatic carbocycles. The highest BCUT2D eigenvalue weighted by molar-refractivity contribution is 5.90. The molecule has 106 valence electrons. The number of rotatable bonds is 5. The molecule has 1 atom stereocenters. The van der Waals surface area contributed by atoms with Crippen LogP contribution in [0.15, 0.2) is 42.5 Å². The fourth-order valence-electron chi connectivity index (χ4n) is 2.24. The molecule has 1 amide bonds. The maximum absolute atomic E-state index is 12.2. The molecule has 0 heterocycles. The molecular formula is C17H21NO2. The molecule has 2 N–H and O–H groups in total. The second-order valence-corrected chi connectivity index (χ2v) is 5.44. The van der Waals surface area contributed by atoms with Gasteiger partial charge >= 0.3 is 0 Å².